The minimum Gasteiger partial charge on any atom is -0.396 e. The van der Waals surface area contributed by atoms with Gasteiger partial charge in [-0.1, -0.05) is 30.3 Å². The van der Waals surface area contributed by atoms with Crippen LogP contribution in [0.15, 0.2) is 30.3 Å². The van der Waals surface area contributed by atoms with Crippen molar-refractivity contribution in [1.29, 1.82) is 0 Å². The van der Waals surface area contributed by atoms with Gasteiger partial charge >= 0.3 is 0 Å². The first-order valence-corrected chi connectivity index (χ1v) is 7.35. The molecule has 0 aliphatic heterocycles. The third kappa shape index (κ3) is 3.58. The van der Waals surface area contributed by atoms with Crippen molar-refractivity contribution in [3.8, 4) is 0 Å². The molecule has 1 fully saturated rings. The quantitative estimate of drug-likeness (QED) is 0.744. The maximum absolute atomic E-state index is 12.3. The van der Waals surface area contributed by atoms with Crippen LogP contribution in [0.4, 0.5) is 0 Å². The summed E-state index contributed by atoms with van der Waals surface area (Å²) in [6.07, 6.45) is 4.18. The molecule has 1 aliphatic rings. The van der Waals surface area contributed by atoms with Crippen LogP contribution < -0.4 is 5.32 Å². The number of nitrogens with one attached hydrogen (secondary N) is 1. The van der Waals surface area contributed by atoms with Crippen molar-refractivity contribution in [2.75, 3.05) is 6.61 Å². The minimum absolute atomic E-state index is 0.101. The zero-order valence-electron chi connectivity index (χ0n) is 11.7. The normalized spacial score (nSPS) is 18.7. The number of rotatable bonds is 6. The van der Waals surface area contributed by atoms with Crippen LogP contribution in [0.1, 0.15) is 50.1 Å². The summed E-state index contributed by atoms with van der Waals surface area (Å²) < 4.78 is 0. The molecule has 0 aromatic heterocycles. The van der Waals surface area contributed by atoms with Gasteiger partial charge < -0.3 is 15.5 Å². The fourth-order valence-corrected chi connectivity index (χ4v) is 2.78. The molecule has 1 saturated carbocycles. The molecule has 1 atom stereocenters. The first-order valence-electron chi connectivity index (χ1n) is 7.35. The molecular formula is C16H23NO3. The van der Waals surface area contributed by atoms with E-state index in [1.165, 1.54) is 0 Å². The summed E-state index contributed by atoms with van der Waals surface area (Å²) in [5.41, 5.74) is -0.192. The van der Waals surface area contributed by atoms with Crippen molar-refractivity contribution in [2.24, 2.45) is 0 Å². The Kier molecular flexibility index (Phi) is 5.15. The highest BCUT2D eigenvalue weighted by molar-refractivity contribution is 5.85. The van der Waals surface area contributed by atoms with E-state index in [0.29, 0.717) is 25.7 Å². The van der Waals surface area contributed by atoms with Crippen molar-refractivity contribution in [1.82, 2.24) is 5.32 Å². The van der Waals surface area contributed by atoms with Crippen LogP contribution in [0.3, 0.4) is 0 Å². The average Bonchev–Trinajstić information content (AvgIpc) is 2.92. The predicted octanol–water partition coefficient (Wildman–Crippen LogP) is 1.92. The van der Waals surface area contributed by atoms with Crippen molar-refractivity contribution in [2.45, 2.75) is 50.2 Å². The number of hydrogen-bond donors (Lipinski definition) is 3. The van der Waals surface area contributed by atoms with Crippen LogP contribution >= 0.6 is 0 Å². The van der Waals surface area contributed by atoms with Crippen LogP contribution in [0.25, 0.3) is 0 Å². The van der Waals surface area contributed by atoms with E-state index in [1.807, 2.05) is 30.3 Å². The number of aliphatic hydroxyl groups is 2. The summed E-state index contributed by atoms with van der Waals surface area (Å²) in [5, 5.41) is 22.3. The lowest BCUT2D eigenvalue weighted by atomic mass is 9.97. The van der Waals surface area contributed by atoms with E-state index in [0.717, 1.165) is 18.4 Å². The number of amides is 1. The summed E-state index contributed by atoms with van der Waals surface area (Å²) in [4.78, 5) is 12.3. The van der Waals surface area contributed by atoms with E-state index in [1.54, 1.807) is 0 Å². The van der Waals surface area contributed by atoms with Crippen molar-refractivity contribution in [3.05, 3.63) is 35.9 Å². The van der Waals surface area contributed by atoms with Gasteiger partial charge in [0, 0.05) is 6.61 Å². The lowest BCUT2D eigenvalue weighted by Crippen LogP contribution is -2.46. The average molecular weight is 277 g/mol. The van der Waals surface area contributed by atoms with Crippen LogP contribution in [0.5, 0.6) is 0 Å². The molecule has 0 radical (unpaired) electrons. The van der Waals surface area contributed by atoms with Gasteiger partial charge in [0.2, 0.25) is 0 Å². The van der Waals surface area contributed by atoms with Crippen LogP contribution in [-0.2, 0) is 4.79 Å². The van der Waals surface area contributed by atoms with Crippen molar-refractivity contribution >= 4 is 5.91 Å². The topological polar surface area (TPSA) is 69.6 Å². The van der Waals surface area contributed by atoms with Gasteiger partial charge in [0.05, 0.1) is 6.04 Å². The Morgan fingerprint density at radius 1 is 1.25 bits per heavy atom. The summed E-state index contributed by atoms with van der Waals surface area (Å²) in [6, 6.07) is 9.55. The Balaban J connectivity index is 2.06. The zero-order valence-corrected chi connectivity index (χ0v) is 11.7. The largest absolute Gasteiger partial charge is 0.396 e. The molecule has 0 saturated heterocycles. The van der Waals surface area contributed by atoms with Gasteiger partial charge in [0.15, 0.2) is 0 Å². The molecule has 110 valence electrons. The molecule has 20 heavy (non-hydrogen) atoms. The molecule has 0 heterocycles. The fourth-order valence-electron chi connectivity index (χ4n) is 2.78. The molecule has 2 rings (SSSR count). The summed E-state index contributed by atoms with van der Waals surface area (Å²) >= 11 is 0. The Labute approximate surface area is 119 Å². The summed E-state index contributed by atoms with van der Waals surface area (Å²) in [6.45, 7) is 0.101. The standard InChI is InChI=1S/C16H23NO3/c18-12-6-9-14(13-7-2-1-3-8-13)17-15(19)16(20)10-4-5-11-16/h1-3,7-8,14,18,20H,4-6,9-12H2,(H,17,19)/t14-/m0/s1. The molecule has 1 aromatic rings. The van der Waals surface area contributed by atoms with Gasteiger partial charge in [-0.2, -0.15) is 0 Å². The molecular weight excluding hydrogens is 254 g/mol. The van der Waals surface area contributed by atoms with E-state index in [2.05, 4.69) is 5.32 Å². The first kappa shape index (κ1) is 15.0. The molecule has 1 amide bonds. The number of carbonyl (C=O) groups excluding carboxylic acids is 1. The molecule has 0 spiro atoms. The molecule has 0 unspecified atom stereocenters. The van der Waals surface area contributed by atoms with E-state index in [4.69, 9.17) is 5.11 Å². The van der Waals surface area contributed by atoms with E-state index >= 15 is 0 Å². The smallest absolute Gasteiger partial charge is 0.252 e. The third-order valence-electron chi connectivity index (χ3n) is 4.01. The summed E-state index contributed by atoms with van der Waals surface area (Å²) in [7, 11) is 0. The highest BCUT2D eigenvalue weighted by Gasteiger charge is 2.39. The van der Waals surface area contributed by atoms with Gasteiger partial charge in [-0.15, -0.1) is 0 Å². The van der Waals surface area contributed by atoms with Gasteiger partial charge in [-0.25, -0.2) is 0 Å². The lowest BCUT2D eigenvalue weighted by Gasteiger charge is -2.26. The van der Waals surface area contributed by atoms with Gasteiger partial charge in [-0.3, -0.25) is 4.79 Å². The van der Waals surface area contributed by atoms with Crippen LogP contribution in [-0.4, -0.2) is 28.3 Å². The van der Waals surface area contributed by atoms with E-state index < -0.39 is 5.60 Å². The fraction of sp³-hybridized carbons (Fsp3) is 0.562. The number of benzene rings is 1. The van der Waals surface area contributed by atoms with Crippen LogP contribution in [0, 0.1) is 0 Å². The van der Waals surface area contributed by atoms with Gasteiger partial charge in [-0.05, 0) is 44.1 Å². The number of aliphatic hydroxyl groups excluding tert-OH is 1. The maximum Gasteiger partial charge on any atom is 0.252 e. The Morgan fingerprint density at radius 2 is 1.90 bits per heavy atom. The molecule has 0 bridgehead atoms. The summed E-state index contributed by atoms with van der Waals surface area (Å²) in [5.74, 6) is -0.276. The van der Waals surface area contributed by atoms with Crippen molar-refractivity contribution < 1.29 is 15.0 Å². The van der Waals surface area contributed by atoms with Crippen LogP contribution in [0.2, 0.25) is 0 Å². The Hall–Kier alpha value is -1.39. The highest BCUT2D eigenvalue weighted by atomic mass is 16.3. The van der Waals surface area contributed by atoms with E-state index in [9.17, 15) is 9.90 Å². The minimum atomic E-state index is -1.20. The monoisotopic (exact) mass is 277 g/mol. The first-order chi connectivity index (χ1) is 9.65. The van der Waals surface area contributed by atoms with E-state index in [-0.39, 0.29) is 18.6 Å². The van der Waals surface area contributed by atoms with Gasteiger partial charge in [0.1, 0.15) is 5.60 Å². The molecule has 4 nitrogen and oxygen atoms in total. The lowest BCUT2D eigenvalue weighted by molar-refractivity contribution is -0.140. The second-order valence-electron chi connectivity index (χ2n) is 5.54. The molecule has 4 heteroatoms. The zero-order chi connectivity index (χ0) is 14.4. The second-order valence-corrected chi connectivity index (χ2v) is 5.54. The number of hydrogen-bond acceptors (Lipinski definition) is 3. The molecule has 3 N–H and O–H groups in total. The molecule has 1 aromatic carbocycles. The second kappa shape index (κ2) is 6.86. The molecule has 1 aliphatic carbocycles. The van der Waals surface area contributed by atoms with Crippen molar-refractivity contribution in [3.63, 3.8) is 0 Å². The maximum atomic E-state index is 12.3. The SMILES string of the molecule is O=C(N[C@@H](CCCO)c1ccccc1)C1(O)CCCC1. The Bertz CT molecular complexity index is 427. The predicted molar refractivity (Wildman–Crippen MR) is 77.1 cm³/mol. The highest BCUT2D eigenvalue weighted by Crippen LogP contribution is 2.30. The number of carbonyl (C=O) groups is 1. The van der Waals surface area contributed by atoms with Gasteiger partial charge in [0.25, 0.3) is 5.91 Å². The third-order valence-corrected chi connectivity index (χ3v) is 4.01. The Morgan fingerprint density at radius 3 is 2.50 bits per heavy atom.